The summed E-state index contributed by atoms with van der Waals surface area (Å²) < 4.78 is 0. The number of aliphatic hydroxyl groups excluding tert-OH is 1. The molecule has 0 bridgehead atoms. The van der Waals surface area contributed by atoms with Crippen LogP contribution in [0.3, 0.4) is 0 Å². The average Bonchev–Trinajstić information content (AvgIpc) is 2.83. The molecule has 1 aromatic rings. The molecular weight excluding hydrogens is 200 g/mol. The Hall–Kier alpha value is -0.900. The maximum atomic E-state index is 9.55. The van der Waals surface area contributed by atoms with Crippen LogP contribution in [0.15, 0.2) is 30.3 Å². The van der Waals surface area contributed by atoms with E-state index in [1.807, 2.05) is 30.3 Å². The summed E-state index contributed by atoms with van der Waals surface area (Å²) >= 11 is 0. The van der Waals surface area contributed by atoms with Gasteiger partial charge >= 0.3 is 0 Å². The van der Waals surface area contributed by atoms with E-state index >= 15 is 0 Å². The summed E-state index contributed by atoms with van der Waals surface area (Å²) in [4.78, 5) is 2.34. The number of likely N-dealkylation sites (tertiary alicyclic amines) is 1. The molecule has 1 aliphatic rings. The molecule has 1 aromatic carbocycles. The summed E-state index contributed by atoms with van der Waals surface area (Å²) in [6, 6.07) is 9.89. The van der Waals surface area contributed by atoms with E-state index in [1.54, 1.807) is 0 Å². The van der Waals surface area contributed by atoms with Gasteiger partial charge in [-0.2, -0.15) is 0 Å². The number of aliphatic hydroxyl groups is 1. The zero-order chi connectivity index (χ0) is 11.4. The van der Waals surface area contributed by atoms with E-state index in [2.05, 4.69) is 4.90 Å². The molecule has 0 spiro atoms. The third-order valence-electron chi connectivity index (χ3n) is 3.34. The summed E-state index contributed by atoms with van der Waals surface area (Å²) in [7, 11) is 0. The fourth-order valence-corrected chi connectivity index (χ4v) is 2.34. The predicted molar refractivity (Wildman–Crippen MR) is 65.1 cm³/mol. The standard InChI is InChI=1S/C13H20N2O/c14-13(11-16,10-15-8-4-5-9-15)12-6-2-1-3-7-12/h1-3,6-7,16H,4-5,8-11,14H2. The summed E-state index contributed by atoms with van der Waals surface area (Å²) in [6.45, 7) is 2.94. The SMILES string of the molecule is NC(CO)(CN1CCCC1)c1ccccc1. The molecule has 0 amide bonds. The van der Waals surface area contributed by atoms with Crippen LogP contribution in [-0.2, 0) is 5.54 Å². The van der Waals surface area contributed by atoms with Crippen molar-refractivity contribution in [2.75, 3.05) is 26.2 Å². The number of hydrogen-bond donors (Lipinski definition) is 2. The molecule has 0 aromatic heterocycles. The molecule has 3 N–H and O–H groups in total. The minimum absolute atomic E-state index is 0.00644. The largest absolute Gasteiger partial charge is 0.394 e. The molecule has 1 fully saturated rings. The fraction of sp³-hybridized carbons (Fsp3) is 0.538. The molecule has 3 nitrogen and oxygen atoms in total. The molecule has 0 aliphatic carbocycles. The summed E-state index contributed by atoms with van der Waals surface area (Å²) in [5.74, 6) is 0. The van der Waals surface area contributed by atoms with Crippen molar-refractivity contribution in [3.05, 3.63) is 35.9 Å². The minimum atomic E-state index is -0.619. The molecule has 16 heavy (non-hydrogen) atoms. The highest BCUT2D eigenvalue weighted by molar-refractivity contribution is 5.24. The van der Waals surface area contributed by atoms with E-state index in [0.29, 0.717) is 0 Å². The molecule has 0 radical (unpaired) electrons. The number of nitrogens with zero attached hydrogens (tertiary/aromatic N) is 1. The van der Waals surface area contributed by atoms with Crippen molar-refractivity contribution in [2.45, 2.75) is 18.4 Å². The number of benzene rings is 1. The zero-order valence-corrected chi connectivity index (χ0v) is 9.60. The van der Waals surface area contributed by atoms with Gasteiger partial charge in [-0.1, -0.05) is 30.3 Å². The van der Waals surface area contributed by atoms with Crippen LogP contribution in [0.4, 0.5) is 0 Å². The molecule has 2 rings (SSSR count). The molecule has 1 unspecified atom stereocenters. The summed E-state index contributed by atoms with van der Waals surface area (Å²) in [5, 5.41) is 9.55. The Kier molecular flexibility index (Phi) is 3.59. The van der Waals surface area contributed by atoms with E-state index in [9.17, 15) is 5.11 Å². The van der Waals surface area contributed by atoms with Gasteiger partial charge in [0.25, 0.3) is 0 Å². The highest BCUT2D eigenvalue weighted by Gasteiger charge is 2.30. The highest BCUT2D eigenvalue weighted by atomic mass is 16.3. The van der Waals surface area contributed by atoms with Crippen molar-refractivity contribution in [3.8, 4) is 0 Å². The van der Waals surface area contributed by atoms with Crippen molar-refractivity contribution in [3.63, 3.8) is 0 Å². The Morgan fingerprint density at radius 2 is 1.81 bits per heavy atom. The second-order valence-electron chi connectivity index (χ2n) is 4.66. The van der Waals surface area contributed by atoms with Crippen molar-refractivity contribution in [1.29, 1.82) is 0 Å². The lowest BCUT2D eigenvalue weighted by Gasteiger charge is -2.32. The minimum Gasteiger partial charge on any atom is -0.394 e. The van der Waals surface area contributed by atoms with Gasteiger partial charge in [-0.3, -0.25) is 0 Å². The van der Waals surface area contributed by atoms with Gasteiger partial charge in [0, 0.05) is 6.54 Å². The first-order chi connectivity index (χ1) is 7.74. The first kappa shape index (κ1) is 11.6. The third kappa shape index (κ3) is 2.43. The average molecular weight is 220 g/mol. The van der Waals surface area contributed by atoms with Crippen LogP contribution in [0.1, 0.15) is 18.4 Å². The second-order valence-corrected chi connectivity index (χ2v) is 4.66. The third-order valence-corrected chi connectivity index (χ3v) is 3.34. The molecule has 1 aliphatic heterocycles. The lowest BCUT2D eigenvalue weighted by molar-refractivity contribution is 0.150. The number of hydrogen-bond acceptors (Lipinski definition) is 3. The van der Waals surface area contributed by atoms with Gasteiger partial charge in [0.05, 0.1) is 12.1 Å². The van der Waals surface area contributed by atoms with Crippen LogP contribution in [0.5, 0.6) is 0 Å². The molecule has 1 atom stereocenters. The number of nitrogens with two attached hydrogens (primary N) is 1. The van der Waals surface area contributed by atoms with Gasteiger partial charge < -0.3 is 15.7 Å². The highest BCUT2D eigenvalue weighted by Crippen LogP contribution is 2.21. The Labute approximate surface area is 96.9 Å². The lowest BCUT2D eigenvalue weighted by atomic mass is 9.91. The Morgan fingerprint density at radius 1 is 1.19 bits per heavy atom. The maximum absolute atomic E-state index is 9.55. The van der Waals surface area contributed by atoms with Gasteiger partial charge in [0.2, 0.25) is 0 Å². The van der Waals surface area contributed by atoms with E-state index in [-0.39, 0.29) is 6.61 Å². The Bertz CT molecular complexity index is 322. The normalized spacial score (nSPS) is 20.9. The van der Waals surface area contributed by atoms with Crippen LogP contribution in [0, 0.1) is 0 Å². The molecule has 1 saturated heterocycles. The first-order valence-corrected chi connectivity index (χ1v) is 5.92. The summed E-state index contributed by atoms with van der Waals surface area (Å²) in [6.07, 6.45) is 2.49. The van der Waals surface area contributed by atoms with Crippen LogP contribution in [0.2, 0.25) is 0 Å². The van der Waals surface area contributed by atoms with E-state index < -0.39 is 5.54 Å². The van der Waals surface area contributed by atoms with Crippen LogP contribution in [-0.4, -0.2) is 36.2 Å². The van der Waals surface area contributed by atoms with Crippen LogP contribution < -0.4 is 5.73 Å². The molecule has 3 heteroatoms. The smallest absolute Gasteiger partial charge is 0.0772 e. The summed E-state index contributed by atoms with van der Waals surface area (Å²) in [5.41, 5.74) is 6.71. The van der Waals surface area contributed by atoms with Gasteiger partial charge in [-0.05, 0) is 31.5 Å². The van der Waals surface area contributed by atoms with E-state index in [4.69, 9.17) is 5.73 Å². The quantitative estimate of drug-likeness (QED) is 0.793. The van der Waals surface area contributed by atoms with E-state index in [0.717, 1.165) is 25.2 Å². The van der Waals surface area contributed by atoms with Gasteiger partial charge in [0.1, 0.15) is 0 Å². The Balaban J connectivity index is 2.12. The Morgan fingerprint density at radius 3 is 2.38 bits per heavy atom. The van der Waals surface area contributed by atoms with Gasteiger partial charge in [-0.25, -0.2) is 0 Å². The number of rotatable bonds is 4. The molecular formula is C13H20N2O. The fourth-order valence-electron chi connectivity index (χ4n) is 2.34. The van der Waals surface area contributed by atoms with Crippen molar-refractivity contribution >= 4 is 0 Å². The monoisotopic (exact) mass is 220 g/mol. The second kappa shape index (κ2) is 4.95. The first-order valence-electron chi connectivity index (χ1n) is 5.92. The topological polar surface area (TPSA) is 49.5 Å². The lowest BCUT2D eigenvalue weighted by Crippen LogP contribution is -2.49. The van der Waals surface area contributed by atoms with Gasteiger partial charge in [-0.15, -0.1) is 0 Å². The van der Waals surface area contributed by atoms with Crippen molar-refractivity contribution in [1.82, 2.24) is 4.90 Å². The molecule has 1 heterocycles. The maximum Gasteiger partial charge on any atom is 0.0772 e. The van der Waals surface area contributed by atoms with Crippen molar-refractivity contribution < 1.29 is 5.11 Å². The van der Waals surface area contributed by atoms with E-state index in [1.165, 1.54) is 12.8 Å². The van der Waals surface area contributed by atoms with Crippen LogP contribution >= 0.6 is 0 Å². The predicted octanol–water partition coefficient (Wildman–Crippen LogP) is 0.929. The zero-order valence-electron chi connectivity index (χ0n) is 9.60. The van der Waals surface area contributed by atoms with Crippen molar-refractivity contribution in [2.24, 2.45) is 5.73 Å². The van der Waals surface area contributed by atoms with Gasteiger partial charge in [0.15, 0.2) is 0 Å². The molecule has 0 saturated carbocycles. The molecule has 88 valence electrons. The van der Waals surface area contributed by atoms with Crippen LogP contribution in [0.25, 0.3) is 0 Å².